The van der Waals surface area contributed by atoms with Crippen molar-refractivity contribution in [2.45, 2.75) is 76.7 Å². The molecule has 4 amide bonds. The predicted octanol–water partition coefficient (Wildman–Crippen LogP) is 5.53. The summed E-state index contributed by atoms with van der Waals surface area (Å²) in [5.74, 6) is 0.373. The summed E-state index contributed by atoms with van der Waals surface area (Å²) in [6.45, 7) is 6.42. The lowest BCUT2D eigenvalue weighted by atomic mass is 10.0. The van der Waals surface area contributed by atoms with Gasteiger partial charge in [-0.25, -0.2) is 23.1 Å². The minimum atomic E-state index is -0.549. The maximum atomic E-state index is 15.1. The van der Waals surface area contributed by atoms with Gasteiger partial charge in [-0.05, 0) is 101 Å². The monoisotopic (exact) mass is 998 g/mol. The van der Waals surface area contributed by atoms with Crippen molar-refractivity contribution in [3.05, 3.63) is 104 Å². The predicted molar refractivity (Wildman–Crippen MR) is 256 cm³/mol. The molecule has 2 atom stereocenters. The Hall–Kier alpha value is -7.08. The van der Waals surface area contributed by atoms with Gasteiger partial charge in [-0.3, -0.25) is 19.4 Å². The van der Waals surface area contributed by atoms with Crippen molar-refractivity contribution >= 4 is 69.4 Å². The average Bonchev–Trinajstić information content (AvgIpc) is 4.23. The molecule has 4 aliphatic rings. The Morgan fingerprint density at radius 2 is 1.20 bits per heavy atom. The first-order chi connectivity index (χ1) is 33.9. The lowest BCUT2D eigenvalue weighted by Crippen LogP contribution is -2.36. The van der Waals surface area contributed by atoms with Gasteiger partial charge < -0.3 is 29.9 Å². The number of aromatic nitrogens is 8. The maximum absolute atomic E-state index is 15.1. The minimum absolute atomic E-state index is 0.123. The van der Waals surface area contributed by atoms with Crippen molar-refractivity contribution in [3.8, 4) is 0 Å². The number of thiophene rings is 2. The molecule has 4 saturated heterocycles. The molecule has 0 unspecified atom stereocenters. The van der Waals surface area contributed by atoms with Crippen molar-refractivity contribution in [1.29, 1.82) is 0 Å². The van der Waals surface area contributed by atoms with Crippen molar-refractivity contribution in [2.75, 3.05) is 72.0 Å². The molecule has 24 heteroatoms. The van der Waals surface area contributed by atoms with Crippen LogP contribution in [0.25, 0.3) is 0 Å². The van der Waals surface area contributed by atoms with Gasteiger partial charge in [0.25, 0.3) is 0 Å². The summed E-state index contributed by atoms with van der Waals surface area (Å²) in [5.41, 5.74) is 1.87. The number of hydrogen-bond donors (Lipinski definition) is 2. The first kappa shape index (κ1) is 48.0. The average molecular weight is 999 g/mol. The van der Waals surface area contributed by atoms with Crippen LogP contribution in [0.5, 0.6) is 0 Å². The van der Waals surface area contributed by atoms with E-state index in [0.29, 0.717) is 67.6 Å². The molecule has 8 heterocycles. The van der Waals surface area contributed by atoms with Crippen LogP contribution in [0.1, 0.15) is 73.0 Å². The third-order valence-electron chi connectivity index (χ3n) is 12.5. The van der Waals surface area contributed by atoms with E-state index in [1.165, 1.54) is 45.5 Å². The van der Waals surface area contributed by atoms with E-state index in [9.17, 15) is 19.2 Å². The summed E-state index contributed by atoms with van der Waals surface area (Å²) in [7, 11) is 0. The van der Waals surface area contributed by atoms with E-state index in [-0.39, 0.29) is 55.9 Å². The second kappa shape index (κ2) is 21.7. The number of hydrogen-bond acceptors (Lipinski definition) is 16. The molecule has 4 aliphatic heterocycles. The summed E-state index contributed by atoms with van der Waals surface area (Å²) in [6.07, 6.45) is 2.49. The number of nitrogens with one attached hydrogen (secondary N) is 2. The molecule has 0 radical (unpaired) electrons. The van der Waals surface area contributed by atoms with Crippen LogP contribution in [0, 0.1) is 11.6 Å². The highest BCUT2D eigenvalue weighted by atomic mass is 32.1. The van der Waals surface area contributed by atoms with Crippen LogP contribution < -0.4 is 30.2 Å². The van der Waals surface area contributed by atoms with Crippen LogP contribution >= 0.6 is 22.7 Å². The molecule has 2 N–H and O–H groups in total. The highest BCUT2D eigenvalue weighted by Crippen LogP contribution is 2.34. The Morgan fingerprint density at radius 1 is 0.686 bits per heavy atom. The fourth-order valence-corrected chi connectivity index (χ4v) is 10.4. The molecule has 20 nitrogen and oxygen atoms in total. The van der Waals surface area contributed by atoms with E-state index < -0.39 is 30.2 Å². The second-order valence-electron chi connectivity index (χ2n) is 17.4. The number of halogens is 2. The first-order valence-corrected chi connectivity index (χ1v) is 24.8. The molecule has 0 spiro atoms. The smallest absolute Gasteiger partial charge is 0.414 e. The Balaban J connectivity index is 0.000000174. The van der Waals surface area contributed by atoms with Gasteiger partial charge in [0.15, 0.2) is 11.6 Å². The number of benzene rings is 2. The van der Waals surface area contributed by atoms with E-state index in [4.69, 9.17) is 9.47 Å². The number of cyclic esters (lactones) is 2. The van der Waals surface area contributed by atoms with Gasteiger partial charge in [-0.1, -0.05) is 12.1 Å². The van der Waals surface area contributed by atoms with Gasteiger partial charge in [0.2, 0.25) is 11.8 Å². The molecule has 10 rings (SSSR count). The number of tetrazole rings is 2. The molecule has 4 fully saturated rings. The quantitative estimate of drug-likeness (QED) is 0.137. The van der Waals surface area contributed by atoms with E-state index in [1.54, 1.807) is 51.7 Å². The van der Waals surface area contributed by atoms with Crippen LogP contribution in [0.3, 0.4) is 0 Å². The molecule has 2 aromatic carbocycles. The number of nitrogens with zero attached hydrogens (tertiary/aromatic N) is 12. The van der Waals surface area contributed by atoms with Gasteiger partial charge in [-0.15, -0.1) is 38.0 Å². The Bertz CT molecular complexity index is 2760. The van der Waals surface area contributed by atoms with Crippen LogP contribution in [0.4, 0.5) is 41.1 Å². The zero-order valence-corrected chi connectivity index (χ0v) is 40.2. The highest BCUT2D eigenvalue weighted by Gasteiger charge is 2.35. The molecule has 70 heavy (non-hydrogen) atoms. The van der Waals surface area contributed by atoms with Gasteiger partial charge in [0.05, 0.1) is 61.0 Å². The summed E-state index contributed by atoms with van der Waals surface area (Å²) in [4.78, 5) is 57.6. The van der Waals surface area contributed by atoms with Crippen molar-refractivity contribution < 1.29 is 37.4 Å². The number of amides is 4. The van der Waals surface area contributed by atoms with E-state index in [2.05, 4.69) is 53.7 Å². The van der Waals surface area contributed by atoms with Crippen molar-refractivity contribution in [1.82, 2.24) is 51.0 Å². The van der Waals surface area contributed by atoms with Gasteiger partial charge >= 0.3 is 12.2 Å². The number of carbonyl (C=O) groups excluding carboxylic acids is 4. The molecule has 4 aromatic heterocycles. The topological polar surface area (TPSA) is 211 Å². The second-order valence-corrected chi connectivity index (χ2v) is 19.5. The molecular formula is C46H52F2N14O6S2. The normalized spacial score (nSPS) is 18.7. The maximum Gasteiger partial charge on any atom is 0.414 e. The SMILES string of the molecule is CC(=O)NC[C@H]1CN(c2ccc(N3CCC(n4nnc(Cc5cccs5)n4)CC3)c(F)c2)C(=O)O1.CC(=O)NC[C@H]1CN(c2ccc(N3CCC(n4nnnc4Cc4cccs4)CC3)c(F)c2)C(=O)O1. The molecule has 0 aliphatic carbocycles. The molecule has 0 saturated carbocycles. The van der Waals surface area contributed by atoms with Crippen LogP contribution in [0.2, 0.25) is 0 Å². The molecule has 0 bridgehead atoms. The van der Waals surface area contributed by atoms with Gasteiger partial charge in [0, 0.05) is 62.6 Å². The molecule has 6 aromatic rings. The van der Waals surface area contributed by atoms with Crippen LogP contribution in [-0.4, -0.2) is 129 Å². The van der Waals surface area contributed by atoms with E-state index in [1.807, 2.05) is 37.4 Å². The lowest BCUT2D eigenvalue weighted by Gasteiger charge is -2.34. The van der Waals surface area contributed by atoms with Crippen LogP contribution in [0.15, 0.2) is 71.4 Å². The largest absolute Gasteiger partial charge is 0.442 e. The summed E-state index contributed by atoms with van der Waals surface area (Å²) in [6, 6.07) is 18.0. The highest BCUT2D eigenvalue weighted by molar-refractivity contribution is 7.10. The van der Waals surface area contributed by atoms with Gasteiger partial charge in [-0.2, -0.15) is 4.80 Å². The number of ether oxygens (including phenoxy) is 2. The minimum Gasteiger partial charge on any atom is -0.442 e. The van der Waals surface area contributed by atoms with Crippen molar-refractivity contribution in [2.24, 2.45) is 0 Å². The number of piperidine rings is 2. The standard InChI is InChI=1S/2C23H26FN7O3S/c1-15(32)25-13-18-14-30(23(33)34-18)17-4-5-21(20(24)11-17)29-8-6-16(7-9-29)31-22(26-27-28-31)12-19-3-2-10-35-19;1-15(32)25-13-18-14-30(23(33)34-18)17-4-5-21(20(24)11-17)29-8-6-16(7-9-29)31-27-22(26-28-31)12-19-3-2-10-35-19/h2*2-5,10-11,16,18H,6-9,12-14H2,1H3,(H,25,32)/t2*18-/m00/s1. The lowest BCUT2D eigenvalue weighted by molar-refractivity contribution is -0.120. The fraction of sp³-hybridized carbons (Fsp3) is 0.435. The summed E-state index contributed by atoms with van der Waals surface area (Å²) in [5, 5.41) is 34.6. The number of carbonyl (C=O) groups is 4. The van der Waals surface area contributed by atoms with E-state index in [0.717, 1.165) is 31.5 Å². The zero-order valence-electron chi connectivity index (χ0n) is 38.5. The summed E-state index contributed by atoms with van der Waals surface area (Å²) >= 11 is 3.35. The van der Waals surface area contributed by atoms with Crippen LogP contribution in [-0.2, 0) is 31.9 Å². The molecule has 368 valence electrons. The summed E-state index contributed by atoms with van der Waals surface area (Å²) < 4.78 is 42.6. The van der Waals surface area contributed by atoms with E-state index >= 15 is 8.78 Å². The molecular weight excluding hydrogens is 947 g/mol. The third kappa shape index (κ3) is 11.5. The zero-order chi connectivity index (χ0) is 48.7. The third-order valence-corrected chi connectivity index (χ3v) is 14.3. The first-order valence-electron chi connectivity index (χ1n) is 23.1. The fourth-order valence-electron chi connectivity index (χ4n) is 8.95. The number of rotatable bonds is 14. The Labute approximate surface area is 409 Å². The number of anilines is 4. The van der Waals surface area contributed by atoms with Crippen molar-refractivity contribution in [3.63, 3.8) is 0 Å². The Kier molecular flexibility index (Phi) is 14.9. The Morgan fingerprint density at radius 3 is 1.69 bits per heavy atom. The van der Waals surface area contributed by atoms with Gasteiger partial charge in [0.1, 0.15) is 23.8 Å².